The van der Waals surface area contributed by atoms with Gasteiger partial charge in [0.15, 0.2) is 0 Å². The number of allylic oxidation sites excluding steroid dienone is 1. The zero-order valence-corrected chi connectivity index (χ0v) is 10.9. The molecular formula is C13H11ClF3NO2. The Morgan fingerprint density at radius 2 is 1.85 bits per heavy atom. The van der Waals surface area contributed by atoms with E-state index in [0.717, 1.165) is 4.90 Å². The second kappa shape index (κ2) is 5.46. The molecule has 1 aromatic rings. The summed E-state index contributed by atoms with van der Waals surface area (Å²) in [5.74, 6) is -0.766. The number of carbonyl (C=O) groups is 1. The first-order chi connectivity index (χ1) is 9.27. The van der Waals surface area contributed by atoms with E-state index in [0.29, 0.717) is 11.1 Å². The number of likely N-dealkylation sites (tertiary alicyclic amines) is 1. The molecule has 1 saturated heterocycles. The Balaban J connectivity index is 2.28. The van der Waals surface area contributed by atoms with Crippen LogP contribution in [-0.4, -0.2) is 41.3 Å². The molecule has 20 heavy (non-hydrogen) atoms. The molecule has 7 heteroatoms. The predicted molar refractivity (Wildman–Crippen MR) is 68.1 cm³/mol. The minimum absolute atomic E-state index is 0.0566. The molecule has 0 saturated carbocycles. The lowest BCUT2D eigenvalue weighted by molar-refractivity contribution is -0.136. The number of alkyl halides is 3. The molecule has 2 rings (SSSR count). The number of carbonyl (C=O) groups excluding carboxylic acids is 1. The molecule has 0 atom stereocenters. The van der Waals surface area contributed by atoms with E-state index >= 15 is 0 Å². The van der Waals surface area contributed by atoms with Gasteiger partial charge in [-0.2, -0.15) is 13.2 Å². The molecule has 108 valence electrons. The predicted octanol–water partition coefficient (Wildman–Crippen LogP) is 2.49. The number of nitrogens with zero attached hydrogens (tertiary/aromatic N) is 1. The molecule has 0 bridgehead atoms. The van der Waals surface area contributed by atoms with Gasteiger partial charge in [0, 0.05) is 24.2 Å². The van der Waals surface area contributed by atoms with E-state index in [1.54, 1.807) is 0 Å². The lowest BCUT2D eigenvalue weighted by Crippen LogP contribution is -2.53. The molecule has 1 aliphatic heterocycles. The van der Waals surface area contributed by atoms with Crippen LogP contribution in [0.3, 0.4) is 0 Å². The summed E-state index contributed by atoms with van der Waals surface area (Å²) in [6, 6.07) is 5.07. The lowest BCUT2D eigenvalue weighted by atomic mass is 10.0. The molecule has 1 aliphatic rings. The number of hydrogen-bond acceptors (Lipinski definition) is 2. The second-order valence-corrected chi connectivity index (χ2v) is 4.90. The third-order valence-electron chi connectivity index (χ3n) is 2.90. The third-order valence-corrected chi connectivity index (χ3v) is 3.15. The van der Waals surface area contributed by atoms with E-state index in [-0.39, 0.29) is 18.7 Å². The first kappa shape index (κ1) is 14.9. The third kappa shape index (κ3) is 3.32. The molecule has 0 unspecified atom stereocenters. The topological polar surface area (TPSA) is 40.5 Å². The molecule has 1 N–H and O–H groups in total. The van der Waals surface area contributed by atoms with Gasteiger partial charge in [-0.05, 0) is 17.7 Å². The van der Waals surface area contributed by atoms with Gasteiger partial charge in [0.1, 0.15) is 0 Å². The van der Waals surface area contributed by atoms with Gasteiger partial charge in [0.05, 0.1) is 11.7 Å². The van der Waals surface area contributed by atoms with Crippen LogP contribution < -0.4 is 0 Å². The normalized spacial score (nSPS) is 17.1. The largest absolute Gasteiger partial charge is 0.417 e. The summed E-state index contributed by atoms with van der Waals surface area (Å²) < 4.78 is 39.0. The fourth-order valence-corrected chi connectivity index (χ4v) is 1.93. The zero-order valence-electron chi connectivity index (χ0n) is 10.2. The Morgan fingerprint density at radius 1 is 1.30 bits per heavy atom. The summed E-state index contributed by atoms with van der Waals surface area (Å²) in [7, 11) is 0. The summed E-state index contributed by atoms with van der Waals surface area (Å²) in [6.45, 7) is 0.113. The first-order valence-electron chi connectivity index (χ1n) is 5.79. The smallest absolute Gasteiger partial charge is 0.389 e. The molecule has 0 spiro atoms. The molecule has 1 heterocycles. The first-order valence-corrected chi connectivity index (χ1v) is 6.17. The van der Waals surface area contributed by atoms with E-state index in [4.69, 9.17) is 16.7 Å². The number of β-amino-alcohol motifs (C(OH)–C–C–N with tert-alkyl or cyclic N) is 1. The van der Waals surface area contributed by atoms with Crippen molar-refractivity contribution < 1.29 is 23.1 Å². The van der Waals surface area contributed by atoms with Crippen molar-refractivity contribution in [3.8, 4) is 0 Å². The van der Waals surface area contributed by atoms with Crippen LogP contribution in [0.1, 0.15) is 5.56 Å². The van der Waals surface area contributed by atoms with Crippen molar-refractivity contribution >= 4 is 23.1 Å². The Morgan fingerprint density at radius 3 is 2.30 bits per heavy atom. The average molecular weight is 306 g/mol. The number of hydrogen-bond donors (Lipinski definition) is 1. The number of amides is 1. The molecule has 0 aliphatic carbocycles. The lowest BCUT2D eigenvalue weighted by Gasteiger charge is -2.35. The van der Waals surface area contributed by atoms with Crippen molar-refractivity contribution in [2.24, 2.45) is 0 Å². The maximum absolute atomic E-state index is 13.0. The van der Waals surface area contributed by atoms with Crippen molar-refractivity contribution in [1.29, 1.82) is 0 Å². The van der Waals surface area contributed by atoms with Gasteiger partial charge in [-0.15, -0.1) is 0 Å². The number of aliphatic hydroxyl groups is 1. The van der Waals surface area contributed by atoms with Crippen LogP contribution >= 0.6 is 11.6 Å². The van der Waals surface area contributed by atoms with Crippen molar-refractivity contribution in [1.82, 2.24) is 4.90 Å². The van der Waals surface area contributed by atoms with Crippen LogP contribution in [0.2, 0.25) is 5.02 Å². The molecule has 3 nitrogen and oxygen atoms in total. The summed E-state index contributed by atoms with van der Waals surface area (Å²) >= 11 is 5.63. The van der Waals surface area contributed by atoms with Gasteiger partial charge in [0.2, 0.25) is 5.91 Å². The van der Waals surface area contributed by atoms with E-state index in [9.17, 15) is 18.0 Å². The van der Waals surface area contributed by atoms with Gasteiger partial charge < -0.3 is 10.0 Å². The van der Waals surface area contributed by atoms with E-state index < -0.39 is 23.8 Å². The van der Waals surface area contributed by atoms with Crippen LogP contribution in [0, 0.1) is 0 Å². The highest BCUT2D eigenvalue weighted by atomic mass is 35.5. The van der Waals surface area contributed by atoms with Crippen LogP contribution in [-0.2, 0) is 4.79 Å². The Kier molecular flexibility index (Phi) is 4.06. The van der Waals surface area contributed by atoms with Crippen LogP contribution in [0.15, 0.2) is 30.3 Å². The number of rotatable bonds is 2. The Labute approximate surface area is 118 Å². The summed E-state index contributed by atoms with van der Waals surface area (Å²) in [4.78, 5) is 12.8. The minimum Gasteiger partial charge on any atom is -0.389 e. The van der Waals surface area contributed by atoms with E-state index in [1.165, 1.54) is 24.3 Å². The van der Waals surface area contributed by atoms with Crippen molar-refractivity contribution in [2.45, 2.75) is 12.3 Å². The summed E-state index contributed by atoms with van der Waals surface area (Å²) in [5, 5.41) is 9.37. The molecule has 1 aromatic carbocycles. The monoisotopic (exact) mass is 305 g/mol. The number of halogens is 4. The highest BCUT2D eigenvalue weighted by Crippen LogP contribution is 2.34. The highest BCUT2D eigenvalue weighted by Gasteiger charge is 2.37. The Bertz CT molecular complexity index is 534. The van der Waals surface area contributed by atoms with Gasteiger partial charge in [-0.1, -0.05) is 23.7 Å². The molecule has 1 fully saturated rings. The Hall–Kier alpha value is -1.53. The highest BCUT2D eigenvalue weighted by molar-refractivity contribution is 6.30. The van der Waals surface area contributed by atoms with Crippen LogP contribution in [0.4, 0.5) is 13.2 Å². The quantitative estimate of drug-likeness (QED) is 0.853. The van der Waals surface area contributed by atoms with Gasteiger partial charge >= 0.3 is 6.18 Å². The van der Waals surface area contributed by atoms with E-state index in [2.05, 4.69) is 0 Å². The SMILES string of the molecule is O=C(/C=C(/c1ccc(Cl)cc1)C(F)(F)F)N1CC(O)C1. The van der Waals surface area contributed by atoms with Crippen molar-refractivity contribution in [2.75, 3.05) is 13.1 Å². The van der Waals surface area contributed by atoms with Gasteiger partial charge in [-0.25, -0.2) is 0 Å². The van der Waals surface area contributed by atoms with Crippen LogP contribution in [0.25, 0.3) is 5.57 Å². The van der Waals surface area contributed by atoms with Crippen molar-refractivity contribution in [3.63, 3.8) is 0 Å². The van der Waals surface area contributed by atoms with Gasteiger partial charge in [-0.3, -0.25) is 4.79 Å². The summed E-state index contributed by atoms with van der Waals surface area (Å²) in [6.07, 6.45) is -4.75. The molecule has 0 radical (unpaired) electrons. The average Bonchev–Trinajstić information content (AvgIpc) is 2.32. The molecule has 0 aromatic heterocycles. The fourth-order valence-electron chi connectivity index (χ4n) is 1.81. The number of benzene rings is 1. The standard InChI is InChI=1S/C13H11ClF3NO2/c14-9-3-1-8(2-4-9)11(13(15,16)17)5-12(20)18-6-10(19)7-18/h1-5,10,19H,6-7H2/b11-5-. The van der Waals surface area contributed by atoms with E-state index in [1.807, 2.05) is 0 Å². The molecular weight excluding hydrogens is 295 g/mol. The summed E-state index contributed by atoms with van der Waals surface area (Å²) in [5.41, 5.74) is -1.16. The second-order valence-electron chi connectivity index (χ2n) is 4.46. The maximum Gasteiger partial charge on any atom is 0.417 e. The van der Waals surface area contributed by atoms with Gasteiger partial charge in [0.25, 0.3) is 0 Å². The minimum atomic E-state index is -4.65. The van der Waals surface area contributed by atoms with Crippen LogP contribution in [0.5, 0.6) is 0 Å². The molecule has 1 amide bonds. The zero-order chi connectivity index (χ0) is 14.9. The fraction of sp³-hybridized carbons (Fsp3) is 0.308. The maximum atomic E-state index is 13.0. The number of aliphatic hydroxyl groups excluding tert-OH is 1. The van der Waals surface area contributed by atoms with Crippen molar-refractivity contribution in [3.05, 3.63) is 40.9 Å².